The van der Waals surface area contributed by atoms with Gasteiger partial charge in [0.2, 0.25) is 0 Å². The number of halogens is 1. The molecule has 1 aliphatic rings. The fourth-order valence-electron chi connectivity index (χ4n) is 2.20. The van der Waals surface area contributed by atoms with E-state index in [9.17, 15) is 5.11 Å². The smallest absolute Gasteiger partial charge is 0.0647 e. The number of rotatable bonds is 2. The molecular weight excluding hydrogens is 280 g/mol. The van der Waals surface area contributed by atoms with Crippen molar-refractivity contribution in [1.82, 2.24) is 5.32 Å². The quantitative estimate of drug-likeness (QED) is 0.877. The van der Waals surface area contributed by atoms with Crippen molar-refractivity contribution in [2.75, 3.05) is 24.6 Å². The van der Waals surface area contributed by atoms with Crippen LogP contribution in [0.4, 0.5) is 5.69 Å². The molecule has 3 nitrogen and oxygen atoms in total. The first-order chi connectivity index (χ1) is 8.20. The molecule has 17 heavy (non-hydrogen) atoms. The van der Waals surface area contributed by atoms with Crippen LogP contribution >= 0.6 is 15.9 Å². The minimum Gasteiger partial charge on any atom is -0.394 e. The number of aliphatic hydroxyl groups excluding tert-OH is 1. The van der Waals surface area contributed by atoms with Crippen LogP contribution < -0.4 is 10.2 Å². The van der Waals surface area contributed by atoms with E-state index in [-0.39, 0.29) is 12.6 Å². The standard InChI is InChI=1S/C13H19BrN2O/c1-10-6-7-16(13(9-17)8-15-10)12-4-2-11(14)3-5-12/h2-5,10,13,15,17H,6-9H2,1H3. The molecule has 2 rings (SSSR count). The lowest BCUT2D eigenvalue weighted by molar-refractivity contribution is 0.259. The summed E-state index contributed by atoms with van der Waals surface area (Å²) < 4.78 is 1.09. The number of hydrogen-bond donors (Lipinski definition) is 2. The van der Waals surface area contributed by atoms with Crippen molar-refractivity contribution in [3.63, 3.8) is 0 Å². The Morgan fingerprint density at radius 2 is 2.12 bits per heavy atom. The zero-order valence-electron chi connectivity index (χ0n) is 10.1. The lowest BCUT2D eigenvalue weighted by Crippen LogP contribution is -2.42. The van der Waals surface area contributed by atoms with Crippen LogP contribution in [0.25, 0.3) is 0 Å². The first kappa shape index (κ1) is 12.9. The fourth-order valence-corrected chi connectivity index (χ4v) is 2.46. The molecule has 0 bridgehead atoms. The lowest BCUT2D eigenvalue weighted by atomic mass is 10.2. The molecule has 0 radical (unpaired) electrons. The van der Waals surface area contributed by atoms with Crippen LogP contribution in [0.15, 0.2) is 28.7 Å². The van der Waals surface area contributed by atoms with Gasteiger partial charge in [0, 0.05) is 29.3 Å². The van der Waals surface area contributed by atoms with Gasteiger partial charge in [0.25, 0.3) is 0 Å². The highest BCUT2D eigenvalue weighted by molar-refractivity contribution is 9.10. The predicted octanol–water partition coefficient (Wildman–Crippen LogP) is 2.00. The van der Waals surface area contributed by atoms with Crippen LogP contribution in [0.2, 0.25) is 0 Å². The van der Waals surface area contributed by atoms with Gasteiger partial charge >= 0.3 is 0 Å². The molecule has 1 aliphatic heterocycles. The summed E-state index contributed by atoms with van der Waals surface area (Å²) in [7, 11) is 0. The molecule has 1 aromatic rings. The highest BCUT2D eigenvalue weighted by Crippen LogP contribution is 2.22. The van der Waals surface area contributed by atoms with Crippen molar-refractivity contribution in [2.45, 2.75) is 25.4 Å². The maximum Gasteiger partial charge on any atom is 0.0647 e. The van der Waals surface area contributed by atoms with Gasteiger partial charge in [-0.3, -0.25) is 0 Å². The van der Waals surface area contributed by atoms with Crippen LogP contribution in [0.1, 0.15) is 13.3 Å². The molecule has 2 atom stereocenters. The van der Waals surface area contributed by atoms with Gasteiger partial charge in [0.15, 0.2) is 0 Å². The van der Waals surface area contributed by atoms with Crippen LogP contribution in [-0.4, -0.2) is 36.9 Å². The largest absolute Gasteiger partial charge is 0.394 e. The zero-order chi connectivity index (χ0) is 12.3. The molecule has 2 N–H and O–H groups in total. The van der Waals surface area contributed by atoms with Crippen molar-refractivity contribution >= 4 is 21.6 Å². The van der Waals surface area contributed by atoms with E-state index in [1.165, 1.54) is 5.69 Å². The van der Waals surface area contributed by atoms with Crippen molar-refractivity contribution in [3.05, 3.63) is 28.7 Å². The van der Waals surface area contributed by atoms with Crippen molar-refractivity contribution in [1.29, 1.82) is 0 Å². The SMILES string of the molecule is CC1CCN(c2ccc(Br)cc2)C(CO)CN1. The Balaban J connectivity index is 2.18. The van der Waals surface area contributed by atoms with Gasteiger partial charge < -0.3 is 15.3 Å². The summed E-state index contributed by atoms with van der Waals surface area (Å²) in [5.74, 6) is 0. The number of nitrogens with one attached hydrogen (secondary N) is 1. The Hall–Kier alpha value is -0.580. The predicted molar refractivity (Wildman–Crippen MR) is 74.4 cm³/mol. The van der Waals surface area contributed by atoms with Gasteiger partial charge in [-0.2, -0.15) is 0 Å². The molecule has 2 unspecified atom stereocenters. The number of anilines is 1. The van der Waals surface area contributed by atoms with Gasteiger partial charge in [-0.1, -0.05) is 15.9 Å². The molecule has 1 aromatic carbocycles. The average Bonchev–Trinajstić information content (AvgIpc) is 2.52. The molecular formula is C13H19BrN2O. The number of benzene rings is 1. The van der Waals surface area contributed by atoms with Crippen LogP contribution in [-0.2, 0) is 0 Å². The second-order valence-corrected chi connectivity index (χ2v) is 5.52. The summed E-state index contributed by atoms with van der Waals surface area (Å²) >= 11 is 3.45. The second-order valence-electron chi connectivity index (χ2n) is 4.60. The highest BCUT2D eigenvalue weighted by Gasteiger charge is 2.22. The normalized spacial score (nSPS) is 25.7. The summed E-state index contributed by atoms with van der Waals surface area (Å²) in [5, 5.41) is 12.9. The maximum atomic E-state index is 9.50. The Bertz CT molecular complexity index is 355. The molecule has 94 valence electrons. The van der Waals surface area contributed by atoms with Gasteiger partial charge in [-0.15, -0.1) is 0 Å². The molecule has 0 aliphatic carbocycles. The second kappa shape index (κ2) is 5.85. The molecule has 0 aromatic heterocycles. The van der Waals surface area contributed by atoms with Gasteiger partial charge in [-0.25, -0.2) is 0 Å². The first-order valence-corrected chi connectivity index (χ1v) is 6.86. The molecule has 0 saturated carbocycles. The Labute approximate surface area is 111 Å². The Morgan fingerprint density at radius 1 is 1.41 bits per heavy atom. The van der Waals surface area contributed by atoms with Crippen LogP contribution in [0.3, 0.4) is 0 Å². The third kappa shape index (κ3) is 3.21. The third-order valence-corrected chi connectivity index (χ3v) is 3.84. The monoisotopic (exact) mass is 298 g/mol. The van der Waals surface area contributed by atoms with Crippen LogP contribution in [0.5, 0.6) is 0 Å². The van der Waals surface area contributed by atoms with E-state index in [1.54, 1.807) is 0 Å². The van der Waals surface area contributed by atoms with Crippen LogP contribution in [0, 0.1) is 0 Å². The minimum atomic E-state index is 0.168. The first-order valence-electron chi connectivity index (χ1n) is 6.07. The zero-order valence-corrected chi connectivity index (χ0v) is 11.7. The molecule has 4 heteroatoms. The van der Waals surface area contributed by atoms with Crippen molar-refractivity contribution < 1.29 is 5.11 Å². The van der Waals surface area contributed by atoms with Gasteiger partial charge in [0.05, 0.1) is 12.6 Å². The number of hydrogen-bond acceptors (Lipinski definition) is 3. The van der Waals surface area contributed by atoms with E-state index in [4.69, 9.17) is 0 Å². The van der Waals surface area contributed by atoms with E-state index in [1.807, 2.05) is 12.1 Å². The summed E-state index contributed by atoms with van der Waals surface area (Å²) in [4.78, 5) is 2.29. The minimum absolute atomic E-state index is 0.168. The fraction of sp³-hybridized carbons (Fsp3) is 0.538. The van der Waals surface area contributed by atoms with E-state index in [2.05, 4.69) is 45.2 Å². The molecule has 1 saturated heterocycles. The summed E-state index contributed by atoms with van der Waals surface area (Å²) in [6.45, 7) is 4.21. The molecule has 1 fully saturated rings. The number of aliphatic hydroxyl groups is 1. The summed E-state index contributed by atoms with van der Waals surface area (Å²) in [6, 6.07) is 8.98. The summed E-state index contributed by atoms with van der Waals surface area (Å²) in [5.41, 5.74) is 1.18. The Kier molecular flexibility index (Phi) is 4.42. The summed E-state index contributed by atoms with van der Waals surface area (Å²) in [6.07, 6.45) is 1.10. The molecule has 0 amide bonds. The van der Waals surface area contributed by atoms with E-state index in [0.717, 1.165) is 24.0 Å². The van der Waals surface area contributed by atoms with E-state index < -0.39 is 0 Å². The number of nitrogens with zero attached hydrogens (tertiary/aromatic N) is 1. The van der Waals surface area contributed by atoms with Crippen molar-refractivity contribution in [2.24, 2.45) is 0 Å². The lowest BCUT2D eigenvalue weighted by Gasteiger charge is -2.30. The maximum absolute atomic E-state index is 9.50. The average molecular weight is 299 g/mol. The highest BCUT2D eigenvalue weighted by atomic mass is 79.9. The van der Waals surface area contributed by atoms with E-state index >= 15 is 0 Å². The topological polar surface area (TPSA) is 35.5 Å². The van der Waals surface area contributed by atoms with Gasteiger partial charge in [0.1, 0.15) is 0 Å². The van der Waals surface area contributed by atoms with Crippen molar-refractivity contribution in [3.8, 4) is 0 Å². The molecule has 0 spiro atoms. The Morgan fingerprint density at radius 3 is 2.76 bits per heavy atom. The third-order valence-electron chi connectivity index (χ3n) is 3.31. The molecule has 1 heterocycles. The van der Waals surface area contributed by atoms with E-state index in [0.29, 0.717) is 6.04 Å². The van der Waals surface area contributed by atoms with Gasteiger partial charge in [-0.05, 0) is 37.6 Å².